The van der Waals surface area contributed by atoms with E-state index in [0.717, 1.165) is 23.6 Å². The zero-order chi connectivity index (χ0) is 14.9. The largest absolute Gasteiger partial charge is 0.372 e. The summed E-state index contributed by atoms with van der Waals surface area (Å²) in [5.74, 6) is -0.728. The first-order valence-corrected chi connectivity index (χ1v) is 8.39. The summed E-state index contributed by atoms with van der Waals surface area (Å²) in [7, 11) is -3.59. The van der Waals surface area contributed by atoms with Crippen LogP contribution in [0.2, 0.25) is 0 Å². The number of ether oxygens (including phenoxy) is 1. The predicted molar refractivity (Wildman–Crippen MR) is 77.3 cm³/mol. The van der Waals surface area contributed by atoms with Crippen LogP contribution in [0.25, 0.3) is 0 Å². The molecule has 0 N–H and O–H groups in total. The number of rotatable bonds is 3. The van der Waals surface area contributed by atoms with Gasteiger partial charge in [-0.3, -0.25) is 0 Å². The Hall–Kier alpha value is -1.72. The second kappa shape index (κ2) is 5.58. The summed E-state index contributed by atoms with van der Waals surface area (Å²) < 4.78 is 43.7. The molecule has 0 aromatic heterocycles. The van der Waals surface area contributed by atoms with Crippen LogP contribution in [0.15, 0.2) is 53.4 Å². The summed E-state index contributed by atoms with van der Waals surface area (Å²) in [5, 5.41) is 0. The quantitative estimate of drug-likeness (QED) is 0.875. The van der Waals surface area contributed by atoms with Crippen molar-refractivity contribution in [2.45, 2.75) is 17.4 Å². The molecule has 1 heterocycles. The van der Waals surface area contributed by atoms with Crippen molar-refractivity contribution in [3.8, 4) is 0 Å². The van der Waals surface area contributed by atoms with E-state index < -0.39 is 21.8 Å². The maximum atomic E-state index is 13.2. The van der Waals surface area contributed by atoms with Crippen LogP contribution < -0.4 is 0 Å². The fraction of sp³-hybridized carbons (Fsp3) is 0.250. The first-order valence-electron chi connectivity index (χ1n) is 6.74. The molecule has 0 amide bonds. The molecule has 3 rings (SSSR count). The second-order valence-electron chi connectivity index (χ2n) is 5.05. The normalized spacial score (nSPS) is 18.2. The van der Waals surface area contributed by atoms with Crippen LogP contribution in [-0.2, 0) is 21.0 Å². The van der Waals surface area contributed by atoms with Gasteiger partial charge in [-0.15, -0.1) is 0 Å². The minimum atomic E-state index is -3.59. The Morgan fingerprint density at radius 3 is 2.76 bits per heavy atom. The molecule has 2 aromatic carbocycles. The molecule has 0 saturated heterocycles. The minimum absolute atomic E-state index is 0.00541. The molecular weight excluding hydrogens is 291 g/mol. The zero-order valence-corrected chi connectivity index (χ0v) is 12.1. The molecule has 0 fully saturated rings. The van der Waals surface area contributed by atoms with Gasteiger partial charge in [-0.25, -0.2) is 12.8 Å². The maximum absolute atomic E-state index is 13.2. The van der Waals surface area contributed by atoms with E-state index in [-0.39, 0.29) is 10.6 Å². The number of benzene rings is 2. The van der Waals surface area contributed by atoms with Gasteiger partial charge in [0.25, 0.3) is 0 Å². The summed E-state index contributed by atoms with van der Waals surface area (Å²) in [6, 6.07) is 12.8. The van der Waals surface area contributed by atoms with Crippen LogP contribution in [0, 0.1) is 5.82 Å². The lowest BCUT2D eigenvalue weighted by Crippen LogP contribution is -2.23. The Balaban J connectivity index is 1.90. The van der Waals surface area contributed by atoms with E-state index in [9.17, 15) is 12.8 Å². The van der Waals surface area contributed by atoms with E-state index in [2.05, 4.69) is 0 Å². The zero-order valence-electron chi connectivity index (χ0n) is 11.3. The van der Waals surface area contributed by atoms with Gasteiger partial charge in [0, 0.05) is 0 Å². The molecule has 3 nitrogen and oxygen atoms in total. The fourth-order valence-electron chi connectivity index (χ4n) is 2.57. The van der Waals surface area contributed by atoms with Gasteiger partial charge in [0.15, 0.2) is 9.84 Å². The lowest BCUT2D eigenvalue weighted by molar-refractivity contribution is 0.0576. The summed E-state index contributed by atoms with van der Waals surface area (Å²) in [6.07, 6.45) is 0.287. The molecule has 1 aliphatic heterocycles. The molecule has 1 atom stereocenters. The van der Waals surface area contributed by atoms with Crippen molar-refractivity contribution in [1.29, 1.82) is 0 Å². The summed E-state index contributed by atoms with van der Waals surface area (Å²) in [4.78, 5) is -0.00541. The molecule has 110 valence electrons. The number of sulfone groups is 1. The molecule has 0 aliphatic carbocycles. The van der Waals surface area contributed by atoms with Crippen molar-refractivity contribution >= 4 is 9.84 Å². The van der Waals surface area contributed by atoms with Crippen LogP contribution in [0.5, 0.6) is 0 Å². The topological polar surface area (TPSA) is 43.4 Å². The van der Waals surface area contributed by atoms with Gasteiger partial charge >= 0.3 is 0 Å². The van der Waals surface area contributed by atoms with Crippen LogP contribution in [0.3, 0.4) is 0 Å². The highest BCUT2D eigenvalue weighted by molar-refractivity contribution is 7.91. The summed E-state index contributed by atoms with van der Waals surface area (Å²) in [6.45, 7) is 0.500. The molecule has 0 radical (unpaired) electrons. The third-order valence-corrected chi connectivity index (χ3v) is 5.33. The van der Waals surface area contributed by atoms with E-state index in [1.54, 1.807) is 0 Å². The molecule has 0 spiro atoms. The first-order chi connectivity index (χ1) is 10.1. The number of halogens is 1. The van der Waals surface area contributed by atoms with Crippen molar-refractivity contribution in [2.75, 3.05) is 12.4 Å². The summed E-state index contributed by atoms with van der Waals surface area (Å²) >= 11 is 0. The Morgan fingerprint density at radius 1 is 1.14 bits per heavy atom. The average molecular weight is 306 g/mol. The standard InChI is InChI=1S/C16H15FO3S/c17-13-5-3-6-14(10-13)21(18,19)11-16-15-7-2-1-4-12(15)8-9-20-16/h1-7,10,16H,8-9,11H2. The SMILES string of the molecule is O=S(=O)(CC1OCCc2ccccc21)c1cccc(F)c1. The van der Waals surface area contributed by atoms with Gasteiger partial charge < -0.3 is 4.74 Å². The molecule has 1 unspecified atom stereocenters. The Morgan fingerprint density at radius 2 is 1.95 bits per heavy atom. The van der Waals surface area contributed by atoms with Crippen LogP contribution in [-0.4, -0.2) is 20.8 Å². The third-order valence-electron chi connectivity index (χ3n) is 3.62. The van der Waals surface area contributed by atoms with Crippen LogP contribution >= 0.6 is 0 Å². The van der Waals surface area contributed by atoms with Gasteiger partial charge in [-0.2, -0.15) is 0 Å². The minimum Gasteiger partial charge on any atom is -0.372 e. The Kier molecular flexibility index (Phi) is 3.78. The highest BCUT2D eigenvalue weighted by Crippen LogP contribution is 2.29. The maximum Gasteiger partial charge on any atom is 0.181 e. The summed E-state index contributed by atoms with van der Waals surface area (Å²) in [5.41, 5.74) is 2.02. The van der Waals surface area contributed by atoms with Gasteiger partial charge in [-0.1, -0.05) is 30.3 Å². The smallest absolute Gasteiger partial charge is 0.181 e. The van der Waals surface area contributed by atoms with Gasteiger partial charge in [0.1, 0.15) is 5.82 Å². The van der Waals surface area contributed by atoms with Gasteiger partial charge in [0.2, 0.25) is 0 Å². The van der Waals surface area contributed by atoms with E-state index >= 15 is 0 Å². The Labute approximate surface area is 123 Å². The molecular formula is C16H15FO3S. The van der Waals surface area contributed by atoms with Crippen LogP contribution in [0.1, 0.15) is 17.2 Å². The van der Waals surface area contributed by atoms with Gasteiger partial charge in [0.05, 0.1) is 23.4 Å². The number of hydrogen-bond donors (Lipinski definition) is 0. The van der Waals surface area contributed by atoms with Crippen molar-refractivity contribution in [3.05, 3.63) is 65.5 Å². The predicted octanol–water partition coefficient (Wildman–Crippen LogP) is 2.91. The third kappa shape index (κ3) is 2.99. The lowest BCUT2D eigenvalue weighted by atomic mass is 9.99. The van der Waals surface area contributed by atoms with E-state index in [0.29, 0.717) is 6.61 Å². The van der Waals surface area contributed by atoms with Crippen molar-refractivity contribution in [2.24, 2.45) is 0 Å². The number of hydrogen-bond acceptors (Lipinski definition) is 3. The number of fused-ring (bicyclic) bond motifs is 1. The van der Waals surface area contributed by atoms with Crippen molar-refractivity contribution in [1.82, 2.24) is 0 Å². The average Bonchev–Trinajstić information content (AvgIpc) is 2.47. The highest BCUT2D eigenvalue weighted by atomic mass is 32.2. The second-order valence-corrected chi connectivity index (χ2v) is 7.08. The molecule has 0 bridgehead atoms. The Bertz CT molecular complexity index is 756. The van der Waals surface area contributed by atoms with Crippen LogP contribution in [0.4, 0.5) is 4.39 Å². The molecule has 5 heteroatoms. The highest BCUT2D eigenvalue weighted by Gasteiger charge is 2.27. The van der Waals surface area contributed by atoms with E-state index in [4.69, 9.17) is 4.74 Å². The van der Waals surface area contributed by atoms with Crippen molar-refractivity contribution < 1.29 is 17.5 Å². The van der Waals surface area contributed by atoms with Gasteiger partial charge in [-0.05, 0) is 35.7 Å². The monoisotopic (exact) mass is 306 g/mol. The molecule has 21 heavy (non-hydrogen) atoms. The molecule has 1 aliphatic rings. The fourth-order valence-corrected chi connectivity index (χ4v) is 4.02. The first kappa shape index (κ1) is 14.2. The molecule has 2 aromatic rings. The lowest BCUT2D eigenvalue weighted by Gasteiger charge is -2.25. The van der Waals surface area contributed by atoms with E-state index in [1.807, 2.05) is 24.3 Å². The van der Waals surface area contributed by atoms with E-state index in [1.165, 1.54) is 18.2 Å². The van der Waals surface area contributed by atoms with Crippen molar-refractivity contribution in [3.63, 3.8) is 0 Å². The molecule has 0 saturated carbocycles.